The zero-order valence-corrected chi connectivity index (χ0v) is 13.3. The summed E-state index contributed by atoms with van der Waals surface area (Å²) in [7, 11) is -9.99. The van der Waals surface area contributed by atoms with E-state index in [2.05, 4.69) is 9.05 Å². The third-order valence-corrected chi connectivity index (χ3v) is 2.89. The van der Waals surface area contributed by atoms with Gasteiger partial charge in [-0.1, -0.05) is 0 Å². The fourth-order valence-electron chi connectivity index (χ4n) is 0.627. The number of phosphoric ester groups is 2. The molecule has 0 aliphatic carbocycles. The summed E-state index contributed by atoms with van der Waals surface area (Å²) in [6, 6.07) is 0. The van der Waals surface area contributed by atoms with Crippen LogP contribution in [0.3, 0.4) is 0 Å². The number of aliphatic hydroxyl groups is 3. The summed E-state index contributed by atoms with van der Waals surface area (Å²) >= 11 is 0. The molecular weight excluding hydrogens is 368 g/mol. The standard InChI is InChI=1S/C4H11NO3.C3H8O10P2/c5-4(1-6,2-7)3-8;4-3(5)2(13-15(9,10)11)1-12-14(6,7)8/h6-8H,1-3,5H2;2H,1H2,(H,4,5)(H2,6,7,8)(H2,9,10,11). The van der Waals surface area contributed by atoms with Crippen LogP contribution in [0.1, 0.15) is 0 Å². The van der Waals surface area contributed by atoms with E-state index in [1.54, 1.807) is 0 Å². The van der Waals surface area contributed by atoms with Crippen molar-refractivity contribution < 1.29 is 63.0 Å². The van der Waals surface area contributed by atoms with Crippen LogP contribution in [0.25, 0.3) is 0 Å². The molecule has 140 valence electrons. The summed E-state index contributed by atoms with van der Waals surface area (Å²) in [6.07, 6.45) is -2.17. The average molecular weight is 387 g/mol. The second kappa shape index (κ2) is 10.4. The summed E-state index contributed by atoms with van der Waals surface area (Å²) < 4.78 is 27.8. The van der Waals surface area contributed by atoms with E-state index in [1.807, 2.05) is 0 Å². The van der Waals surface area contributed by atoms with Crippen molar-refractivity contribution in [2.75, 3.05) is 26.4 Å². The summed E-state index contributed by atoms with van der Waals surface area (Å²) in [5, 5.41) is 33.4. The molecule has 0 amide bonds. The molecule has 0 spiro atoms. The molecule has 0 radical (unpaired) electrons. The van der Waals surface area contributed by atoms with Gasteiger partial charge in [0.1, 0.15) is 0 Å². The van der Waals surface area contributed by atoms with Gasteiger partial charge in [-0.25, -0.2) is 13.9 Å². The third-order valence-electron chi connectivity index (χ3n) is 1.88. The Morgan fingerprint density at radius 3 is 1.57 bits per heavy atom. The van der Waals surface area contributed by atoms with Crippen molar-refractivity contribution in [3.8, 4) is 0 Å². The first-order chi connectivity index (χ1) is 10.2. The number of hydrogen-bond donors (Lipinski definition) is 9. The number of hydrogen-bond acceptors (Lipinski definition) is 9. The van der Waals surface area contributed by atoms with Gasteiger partial charge < -0.3 is 45.7 Å². The van der Waals surface area contributed by atoms with E-state index in [9.17, 15) is 13.9 Å². The molecule has 10 N–H and O–H groups in total. The third kappa shape index (κ3) is 14.8. The van der Waals surface area contributed by atoms with Crippen molar-refractivity contribution in [2.24, 2.45) is 5.73 Å². The Morgan fingerprint density at radius 2 is 1.39 bits per heavy atom. The minimum Gasteiger partial charge on any atom is -0.479 e. The average Bonchev–Trinajstić information content (AvgIpc) is 2.41. The molecule has 1 atom stereocenters. The van der Waals surface area contributed by atoms with E-state index in [4.69, 9.17) is 45.7 Å². The van der Waals surface area contributed by atoms with E-state index < -0.39 is 59.7 Å². The van der Waals surface area contributed by atoms with Crippen molar-refractivity contribution >= 4 is 21.6 Å². The molecule has 0 saturated heterocycles. The van der Waals surface area contributed by atoms with Crippen molar-refractivity contribution in [2.45, 2.75) is 11.6 Å². The maximum Gasteiger partial charge on any atom is 0.470 e. The van der Waals surface area contributed by atoms with Crippen LogP contribution in [0.2, 0.25) is 0 Å². The van der Waals surface area contributed by atoms with Gasteiger partial charge in [-0.15, -0.1) is 0 Å². The van der Waals surface area contributed by atoms with E-state index in [-0.39, 0.29) is 0 Å². The molecule has 0 rings (SSSR count). The lowest BCUT2D eigenvalue weighted by Gasteiger charge is -2.20. The van der Waals surface area contributed by atoms with Crippen LogP contribution in [-0.4, -0.2) is 84.0 Å². The van der Waals surface area contributed by atoms with Crippen LogP contribution in [0, 0.1) is 0 Å². The topological polar surface area (TPSA) is 258 Å². The molecule has 0 saturated carbocycles. The fraction of sp³-hybridized carbons (Fsp3) is 0.857. The Bertz CT molecular complexity index is 431. The lowest BCUT2D eigenvalue weighted by atomic mass is 10.1. The van der Waals surface area contributed by atoms with Crippen LogP contribution in [0.4, 0.5) is 0 Å². The number of aliphatic carboxylic acids is 1. The molecule has 1 unspecified atom stereocenters. The molecule has 16 heteroatoms. The normalized spacial score (nSPS) is 13.9. The molecule has 0 aromatic heterocycles. The highest BCUT2D eigenvalue weighted by Gasteiger charge is 2.30. The lowest BCUT2D eigenvalue weighted by Crippen LogP contribution is -2.50. The summed E-state index contributed by atoms with van der Waals surface area (Å²) in [5.41, 5.74) is 3.94. The zero-order chi connectivity index (χ0) is 18.9. The first-order valence-electron chi connectivity index (χ1n) is 5.48. The van der Waals surface area contributed by atoms with Gasteiger partial charge in [0.25, 0.3) is 0 Å². The summed E-state index contributed by atoms with van der Waals surface area (Å²) in [4.78, 5) is 43.2. The van der Waals surface area contributed by atoms with Gasteiger partial charge in [-0.05, 0) is 0 Å². The predicted octanol–water partition coefficient (Wildman–Crippen LogP) is -3.68. The number of nitrogens with two attached hydrogens (primary N) is 1. The molecule has 0 fully saturated rings. The Hall–Kier alpha value is -0.470. The summed E-state index contributed by atoms with van der Waals surface area (Å²) in [6.45, 7) is -2.40. The van der Waals surface area contributed by atoms with Crippen molar-refractivity contribution in [1.29, 1.82) is 0 Å². The van der Waals surface area contributed by atoms with Gasteiger partial charge in [-0.3, -0.25) is 9.05 Å². The number of rotatable bonds is 9. The SMILES string of the molecule is NC(CO)(CO)CO.O=C(O)C(COP(=O)(O)O)OP(=O)(O)O. The van der Waals surface area contributed by atoms with Crippen LogP contribution in [0.15, 0.2) is 0 Å². The van der Waals surface area contributed by atoms with Crippen LogP contribution < -0.4 is 5.73 Å². The van der Waals surface area contributed by atoms with Gasteiger partial charge in [-0.2, -0.15) is 0 Å². The number of carbonyl (C=O) groups is 1. The minimum absolute atomic E-state index is 0.403. The first kappa shape index (κ1) is 24.8. The quantitative estimate of drug-likeness (QED) is 0.173. The molecular formula is C7H19NO13P2. The van der Waals surface area contributed by atoms with Crippen molar-refractivity contribution in [3.05, 3.63) is 0 Å². The molecule has 23 heavy (non-hydrogen) atoms. The fourth-order valence-corrected chi connectivity index (χ4v) is 1.44. The van der Waals surface area contributed by atoms with Gasteiger partial charge in [0.15, 0.2) is 6.10 Å². The van der Waals surface area contributed by atoms with Gasteiger partial charge in [0.2, 0.25) is 0 Å². The Balaban J connectivity index is 0. The number of carboxylic acids is 1. The number of aliphatic hydroxyl groups excluding tert-OH is 3. The van der Waals surface area contributed by atoms with Gasteiger partial charge in [0.05, 0.1) is 32.0 Å². The van der Waals surface area contributed by atoms with Gasteiger partial charge in [0, 0.05) is 0 Å². The monoisotopic (exact) mass is 387 g/mol. The van der Waals surface area contributed by atoms with E-state index in [1.165, 1.54) is 0 Å². The summed E-state index contributed by atoms with van der Waals surface area (Å²) in [5.74, 6) is -1.83. The largest absolute Gasteiger partial charge is 0.479 e. The molecule has 0 aliphatic rings. The highest BCUT2D eigenvalue weighted by Crippen LogP contribution is 2.40. The zero-order valence-electron chi connectivity index (χ0n) is 11.5. The first-order valence-corrected chi connectivity index (χ1v) is 8.54. The smallest absolute Gasteiger partial charge is 0.470 e. The van der Waals surface area contributed by atoms with E-state index in [0.717, 1.165) is 0 Å². The second-order valence-corrected chi connectivity index (χ2v) is 6.48. The maximum absolute atomic E-state index is 10.3. The lowest BCUT2D eigenvalue weighted by molar-refractivity contribution is -0.147. The highest BCUT2D eigenvalue weighted by molar-refractivity contribution is 7.46. The van der Waals surface area contributed by atoms with Crippen molar-refractivity contribution in [1.82, 2.24) is 0 Å². The Kier molecular flexibility index (Phi) is 11.2. The van der Waals surface area contributed by atoms with Crippen LogP contribution in [0.5, 0.6) is 0 Å². The molecule has 0 aromatic rings. The van der Waals surface area contributed by atoms with Gasteiger partial charge >= 0.3 is 21.6 Å². The van der Waals surface area contributed by atoms with E-state index >= 15 is 0 Å². The molecule has 0 aliphatic heterocycles. The molecule has 0 heterocycles. The molecule has 14 nitrogen and oxygen atoms in total. The minimum atomic E-state index is -5.07. The maximum atomic E-state index is 10.3. The Labute approximate surface area is 129 Å². The highest BCUT2D eigenvalue weighted by atomic mass is 31.2. The van der Waals surface area contributed by atoms with Crippen LogP contribution in [-0.2, 0) is 23.0 Å². The van der Waals surface area contributed by atoms with Crippen LogP contribution >= 0.6 is 15.6 Å². The molecule has 0 aromatic carbocycles. The van der Waals surface area contributed by atoms with Crippen molar-refractivity contribution in [3.63, 3.8) is 0 Å². The molecule has 0 bridgehead atoms. The Morgan fingerprint density at radius 1 is 1.00 bits per heavy atom. The number of carboxylic acid groups (broad SMARTS) is 1. The predicted molar refractivity (Wildman–Crippen MR) is 70.7 cm³/mol. The number of phosphoric acid groups is 2. The van der Waals surface area contributed by atoms with E-state index in [0.29, 0.717) is 0 Å². The second-order valence-electron chi connectivity index (χ2n) is 4.05.